The van der Waals surface area contributed by atoms with Gasteiger partial charge >= 0.3 is 0 Å². The smallest absolute Gasteiger partial charge is 0.243 e. The van der Waals surface area contributed by atoms with E-state index < -0.39 is 10.0 Å². The first-order chi connectivity index (χ1) is 10.6. The topological polar surface area (TPSA) is 80.5 Å². The number of hydrogen-bond donors (Lipinski definition) is 1. The third-order valence-electron chi connectivity index (χ3n) is 4.58. The average Bonchev–Trinajstić information content (AvgIpc) is 2.49. The van der Waals surface area contributed by atoms with Crippen LogP contribution in [0.4, 0.5) is 0 Å². The maximum absolute atomic E-state index is 12.8. The van der Waals surface area contributed by atoms with Gasteiger partial charge in [-0.2, -0.15) is 4.31 Å². The lowest BCUT2D eigenvalue weighted by Crippen LogP contribution is -2.53. The summed E-state index contributed by atoms with van der Waals surface area (Å²) in [5.74, 6) is -0.0964. The number of carbonyl (C=O) groups is 1. The van der Waals surface area contributed by atoms with Crippen molar-refractivity contribution in [3.05, 3.63) is 29.8 Å². The molecule has 1 heterocycles. The van der Waals surface area contributed by atoms with E-state index in [1.54, 1.807) is 12.1 Å². The van der Waals surface area contributed by atoms with E-state index in [0.29, 0.717) is 25.1 Å². The Morgan fingerprint density at radius 3 is 2.25 bits per heavy atom. The molecule has 0 bridgehead atoms. The Kier molecular flexibility index (Phi) is 6.61. The highest BCUT2D eigenvalue weighted by Crippen LogP contribution is 2.31. The fourth-order valence-electron chi connectivity index (χ4n) is 2.80. The third-order valence-corrected chi connectivity index (χ3v) is 6.44. The summed E-state index contributed by atoms with van der Waals surface area (Å²) < 4.78 is 27.1. The molecule has 1 aromatic rings. The molecule has 0 spiro atoms. The van der Waals surface area contributed by atoms with E-state index in [1.165, 1.54) is 16.4 Å². The molecule has 5 nitrogen and oxygen atoms in total. The summed E-state index contributed by atoms with van der Waals surface area (Å²) in [5.41, 5.74) is 6.37. The number of Topliss-reactive ketones (excluding diaryl/α,β-unsaturated/α-hetero) is 1. The molecule has 2 N–H and O–H groups in total. The Morgan fingerprint density at radius 2 is 1.79 bits per heavy atom. The van der Waals surface area contributed by atoms with Crippen LogP contribution in [-0.4, -0.2) is 37.6 Å². The Morgan fingerprint density at radius 1 is 1.25 bits per heavy atom. The largest absolute Gasteiger partial charge is 0.327 e. The Balaban J connectivity index is 0.00000288. The molecule has 0 aromatic heterocycles. The SMILES string of the molecule is CC(C)C(=O)c1ccc(S(=O)(=O)N2CCC(N)C(C)(C)C2)cc1.Cl. The van der Waals surface area contributed by atoms with E-state index in [-0.39, 0.29) is 40.5 Å². The summed E-state index contributed by atoms with van der Waals surface area (Å²) in [4.78, 5) is 12.2. The summed E-state index contributed by atoms with van der Waals surface area (Å²) in [6, 6.07) is 6.23. The molecule has 0 saturated carbocycles. The van der Waals surface area contributed by atoms with E-state index in [0.717, 1.165) is 0 Å². The predicted molar refractivity (Wildman–Crippen MR) is 98.0 cm³/mol. The highest BCUT2D eigenvalue weighted by Gasteiger charge is 2.38. The van der Waals surface area contributed by atoms with Crippen molar-refractivity contribution in [2.45, 2.75) is 45.1 Å². The normalized spacial score (nSPS) is 21.3. The van der Waals surface area contributed by atoms with Crippen molar-refractivity contribution in [1.29, 1.82) is 0 Å². The van der Waals surface area contributed by atoms with Crippen LogP contribution in [0.5, 0.6) is 0 Å². The second-order valence-corrected chi connectivity index (χ2v) is 9.20. The molecule has 1 aliphatic rings. The maximum atomic E-state index is 12.8. The van der Waals surface area contributed by atoms with Crippen molar-refractivity contribution in [1.82, 2.24) is 4.31 Å². The molecule has 1 atom stereocenters. The number of carbonyl (C=O) groups excluding carboxylic acids is 1. The number of sulfonamides is 1. The van der Waals surface area contributed by atoms with Gasteiger partial charge in [0.1, 0.15) is 0 Å². The highest BCUT2D eigenvalue weighted by molar-refractivity contribution is 7.89. The Labute approximate surface area is 151 Å². The first-order valence-corrected chi connectivity index (χ1v) is 9.40. The first-order valence-electron chi connectivity index (χ1n) is 7.96. The third kappa shape index (κ3) is 4.17. The van der Waals surface area contributed by atoms with Crippen molar-refractivity contribution in [2.75, 3.05) is 13.1 Å². The van der Waals surface area contributed by atoms with Gasteiger partial charge in [0.2, 0.25) is 10.0 Å². The van der Waals surface area contributed by atoms with Crippen molar-refractivity contribution in [2.24, 2.45) is 17.1 Å². The van der Waals surface area contributed by atoms with Gasteiger partial charge in [0.25, 0.3) is 0 Å². The van der Waals surface area contributed by atoms with Gasteiger partial charge in [-0.05, 0) is 24.0 Å². The number of benzene rings is 1. The number of piperidine rings is 1. The number of nitrogens with zero attached hydrogens (tertiary/aromatic N) is 1. The van der Waals surface area contributed by atoms with E-state index in [9.17, 15) is 13.2 Å². The molecular weight excluding hydrogens is 348 g/mol. The maximum Gasteiger partial charge on any atom is 0.243 e. The Bertz CT molecular complexity index is 684. The van der Waals surface area contributed by atoms with Crippen LogP contribution in [0.2, 0.25) is 0 Å². The lowest BCUT2D eigenvalue weighted by atomic mass is 9.81. The number of rotatable bonds is 4. The second-order valence-electron chi connectivity index (χ2n) is 7.27. The molecule has 1 aromatic carbocycles. The van der Waals surface area contributed by atoms with Crippen LogP contribution >= 0.6 is 12.4 Å². The van der Waals surface area contributed by atoms with Crippen molar-refractivity contribution in [3.8, 4) is 0 Å². The van der Waals surface area contributed by atoms with Crippen LogP contribution in [0.3, 0.4) is 0 Å². The van der Waals surface area contributed by atoms with Gasteiger partial charge in [-0.25, -0.2) is 8.42 Å². The number of nitrogens with two attached hydrogens (primary N) is 1. The van der Waals surface area contributed by atoms with Crippen LogP contribution in [0.1, 0.15) is 44.5 Å². The second kappa shape index (κ2) is 7.52. The van der Waals surface area contributed by atoms with Gasteiger partial charge in [0, 0.05) is 30.6 Å². The van der Waals surface area contributed by atoms with E-state index in [1.807, 2.05) is 27.7 Å². The zero-order valence-electron chi connectivity index (χ0n) is 14.7. The monoisotopic (exact) mass is 374 g/mol. The van der Waals surface area contributed by atoms with Crippen molar-refractivity contribution in [3.63, 3.8) is 0 Å². The zero-order chi connectivity index (χ0) is 17.4. The summed E-state index contributed by atoms with van der Waals surface area (Å²) in [5, 5.41) is 0. The van der Waals surface area contributed by atoms with Crippen LogP contribution < -0.4 is 5.73 Å². The van der Waals surface area contributed by atoms with Gasteiger partial charge in [-0.1, -0.05) is 39.8 Å². The highest BCUT2D eigenvalue weighted by atomic mass is 35.5. The van der Waals surface area contributed by atoms with Crippen LogP contribution in [0, 0.1) is 11.3 Å². The average molecular weight is 375 g/mol. The van der Waals surface area contributed by atoms with E-state index in [4.69, 9.17) is 5.73 Å². The molecule has 1 fully saturated rings. The van der Waals surface area contributed by atoms with Crippen LogP contribution in [0.25, 0.3) is 0 Å². The first kappa shape index (κ1) is 21.1. The van der Waals surface area contributed by atoms with E-state index >= 15 is 0 Å². The van der Waals surface area contributed by atoms with Crippen LogP contribution in [0.15, 0.2) is 29.2 Å². The zero-order valence-corrected chi connectivity index (χ0v) is 16.3. The van der Waals surface area contributed by atoms with E-state index in [2.05, 4.69) is 0 Å². The molecule has 136 valence electrons. The van der Waals surface area contributed by atoms with Crippen molar-refractivity contribution < 1.29 is 13.2 Å². The molecule has 0 amide bonds. The quantitative estimate of drug-likeness (QED) is 0.821. The fraction of sp³-hybridized carbons (Fsp3) is 0.588. The minimum absolute atomic E-state index is 0. The standard InChI is InChI=1S/C17H26N2O3S.ClH/c1-12(2)16(20)13-5-7-14(8-6-13)23(21,22)19-10-9-15(18)17(3,4)11-19;/h5-8,12,15H,9-11,18H2,1-4H3;1H. The summed E-state index contributed by atoms with van der Waals surface area (Å²) >= 11 is 0. The molecule has 1 aliphatic heterocycles. The van der Waals surface area contributed by atoms with Gasteiger partial charge in [-0.15, -0.1) is 12.4 Å². The molecule has 1 saturated heterocycles. The number of hydrogen-bond acceptors (Lipinski definition) is 4. The summed E-state index contributed by atoms with van der Waals surface area (Å²) in [6.07, 6.45) is 0.649. The van der Waals surface area contributed by atoms with Gasteiger partial charge in [-0.3, -0.25) is 4.79 Å². The minimum atomic E-state index is -3.55. The lowest BCUT2D eigenvalue weighted by Gasteiger charge is -2.41. The fourth-order valence-corrected chi connectivity index (χ4v) is 4.43. The van der Waals surface area contributed by atoms with Crippen LogP contribution in [-0.2, 0) is 10.0 Å². The van der Waals surface area contributed by atoms with Gasteiger partial charge in [0.15, 0.2) is 5.78 Å². The lowest BCUT2D eigenvalue weighted by molar-refractivity contribution is 0.0939. The Hall–Kier alpha value is -0.950. The predicted octanol–water partition coefficient (Wildman–Crippen LogP) is 2.70. The minimum Gasteiger partial charge on any atom is -0.327 e. The van der Waals surface area contributed by atoms with Gasteiger partial charge in [0.05, 0.1) is 4.90 Å². The molecule has 0 radical (unpaired) electrons. The molecular formula is C17H27ClN2O3S. The molecule has 7 heteroatoms. The van der Waals surface area contributed by atoms with Gasteiger partial charge < -0.3 is 5.73 Å². The molecule has 2 rings (SSSR count). The number of halogens is 1. The van der Waals surface area contributed by atoms with Crippen molar-refractivity contribution >= 4 is 28.2 Å². The molecule has 1 unspecified atom stereocenters. The summed E-state index contributed by atoms with van der Waals surface area (Å²) in [7, 11) is -3.55. The summed E-state index contributed by atoms with van der Waals surface area (Å²) in [6.45, 7) is 8.47. The molecule has 24 heavy (non-hydrogen) atoms. The molecule has 0 aliphatic carbocycles. The number of ketones is 1.